The SMILES string of the molecule is Cc1ccc2nccc(N3CCC[C@@H](c4nnc(Cn5ccnc5)n4C)C3)c2c1. The van der Waals surface area contributed by atoms with Crippen molar-refractivity contribution in [1.29, 1.82) is 0 Å². The van der Waals surface area contributed by atoms with Crippen LogP contribution in [0.5, 0.6) is 0 Å². The maximum atomic E-state index is 4.56. The van der Waals surface area contributed by atoms with Crippen LogP contribution in [-0.2, 0) is 13.6 Å². The van der Waals surface area contributed by atoms with Crippen molar-refractivity contribution in [2.45, 2.75) is 32.2 Å². The van der Waals surface area contributed by atoms with Crippen LogP contribution < -0.4 is 4.90 Å². The summed E-state index contributed by atoms with van der Waals surface area (Å²) in [6.45, 7) is 4.83. The number of aromatic nitrogens is 6. The van der Waals surface area contributed by atoms with E-state index in [1.54, 1.807) is 6.20 Å². The molecule has 0 aliphatic carbocycles. The van der Waals surface area contributed by atoms with E-state index >= 15 is 0 Å². The van der Waals surface area contributed by atoms with Crippen LogP contribution >= 0.6 is 0 Å². The van der Waals surface area contributed by atoms with Crippen LogP contribution in [0, 0.1) is 6.92 Å². The quantitative estimate of drug-likeness (QED) is 0.538. The van der Waals surface area contributed by atoms with E-state index in [0.29, 0.717) is 12.5 Å². The van der Waals surface area contributed by atoms with E-state index < -0.39 is 0 Å². The molecule has 4 heterocycles. The Bertz CT molecular complexity index is 1130. The fourth-order valence-corrected chi connectivity index (χ4v) is 4.34. The molecule has 1 fully saturated rings. The van der Waals surface area contributed by atoms with E-state index in [2.05, 4.69) is 67.9 Å². The van der Waals surface area contributed by atoms with Gasteiger partial charge in [0.1, 0.15) is 5.82 Å². The van der Waals surface area contributed by atoms with Crippen LogP contribution in [0.4, 0.5) is 5.69 Å². The Labute approximate surface area is 170 Å². The van der Waals surface area contributed by atoms with Gasteiger partial charge in [0, 0.05) is 55.7 Å². The number of fused-ring (bicyclic) bond motifs is 1. The second-order valence-corrected chi connectivity index (χ2v) is 7.90. The molecule has 1 saturated heterocycles. The summed E-state index contributed by atoms with van der Waals surface area (Å²) in [6.07, 6.45) is 9.75. The van der Waals surface area contributed by atoms with Gasteiger partial charge in [0.2, 0.25) is 0 Å². The van der Waals surface area contributed by atoms with E-state index in [0.717, 1.165) is 43.1 Å². The van der Waals surface area contributed by atoms with Crippen molar-refractivity contribution < 1.29 is 0 Å². The normalized spacial score (nSPS) is 17.2. The van der Waals surface area contributed by atoms with Gasteiger partial charge in [-0.05, 0) is 38.0 Å². The van der Waals surface area contributed by atoms with Gasteiger partial charge in [-0.1, -0.05) is 11.6 Å². The third-order valence-electron chi connectivity index (χ3n) is 5.88. The van der Waals surface area contributed by atoms with Gasteiger partial charge in [-0.25, -0.2) is 4.98 Å². The molecule has 3 aromatic heterocycles. The minimum atomic E-state index is 0.366. The third kappa shape index (κ3) is 3.37. The molecule has 0 bridgehead atoms. The van der Waals surface area contributed by atoms with Crippen LogP contribution in [0.2, 0.25) is 0 Å². The summed E-state index contributed by atoms with van der Waals surface area (Å²) < 4.78 is 4.18. The highest BCUT2D eigenvalue weighted by atomic mass is 15.3. The number of rotatable bonds is 4. The molecule has 7 heteroatoms. The van der Waals surface area contributed by atoms with Gasteiger partial charge in [0.15, 0.2) is 5.82 Å². The van der Waals surface area contributed by atoms with Gasteiger partial charge < -0.3 is 14.0 Å². The summed E-state index contributed by atoms with van der Waals surface area (Å²) in [5, 5.41) is 10.3. The van der Waals surface area contributed by atoms with Crippen LogP contribution in [0.3, 0.4) is 0 Å². The van der Waals surface area contributed by atoms with Gasteiger partial charge in [-0.3, -0.25) is 4.98 Å². The average Bonchev–Trinajstić information content (AvgIpc) is 3.38. The number of benzene rings is 1. The minimum absolute atomic E-state index is 0.366. The summed E-state index contributed by atoms with van der Waals surface area (Å²) in [5.74, 6) is 2.39. The summed E-state index contributed by atoms with van der Waals surface area (Å²) >= 11 is 0. The van der Waals surface area contributed by atoms with E-state index in [9.17, 15) is 0 Å². The number of hydrogen-bond donors (Lipinski definition) is 0. The van der Waals surface area contributed by atoms with Crippen molar-refractivity contribution in [3.05, 3.63) is 66.4 Å². The highest BCUT2D eigenvalue weighted by Crippen LogP contribution is 2.33. The molecule has 0 unspecified atom stereocenters. The lowest BCUT2D eigenvalue weighted by Crippen LogP contribution is -2.35. The predicted octanol–water partition coefficient (Wildman–Crippen LogP) is 3.30. The van der Waals surface area contributed by atoms with Gasteiger partial charge in [0.25, 0.3) is 0 Å². The molecule has 1 aliphatic rings. The molecule has 29 heavy (non-hydrogen) atoms. The van der Waals surface area contributed by atoms with Gasteiger partial charge >= 0.3 is 0 Å². The van der Waals surface area contributed by atoms with E-state index in [-0.39, 0.29) is 0 Å². The molecule has 0 radical (unpaired) electrons. The Morgan fingerprint density at radius 1 is 1.14 bits per heavy atom. The van der Waals surface area contributed by atoms with Gasteiger partial charge in [-0.15, -0.1) is 10.2 Å². The lowest BCUT2D eigenvalue weighted by molar-refractivity contribution is 0.478. The summed E-state index contributed by atoms with van der Waals surface area (Å²) in [6, 6.07) is 8.62. The zero-order valence-electron chi connectivity index (χ0n) is 16.9. The van der Waals surface area contributed by atoms with E-state index in [1.807, 2.05) is 23.3 Å². The van der Waals surface area contributed by atoms with Crippen molar-refractivity contribution in [1.82, 2.24) is 29.3 Å². The number of imidazole rings is 1. The first kappa shape index (κ1) is 17.8. The largest absolute Gasteiger partial charge is 0.370 e. The number of hydrogen-bond acceptors (Lipinski definition) is 5. The monoisotopic (exact) mass is 387 g/mol. The smallest absolute Gasteiger partial charge is 0.152 e. The first-order valence-corrected chi connectivity index (χ1v) is 10.1. The minimum Gasteiger partial charge on any atom is -0.370 e. The van der Waals surface area contributed by atoms with Crippen molar-refractivity contribution in [2.75, 3.05) is 18.0 Å². The molecular weight excluding hydrogens is 362 g/mol. The van der Waals surface area contributed by atoms with Crippen molar-refractivity contribution in [2.24, 2.45) is 7.05 Å². The van der Waals surface area contributed by atoms with Crippen LogP contribution in [0.15, 0.2) is 49.2 Å². The Hall–Kier alpha value is -3.22. The van der Waals surface area contributed by atoms with Crippen molar-refractivity contribution >= 4 is 16.6 Å². The molecule has 0 amide bonds. The Morgan fingerprint density at radius 2 is 2.07 bits per heavy atom. The number of nitrogens with zero attached hydrogens (tertiary/aromatic N) is 7. The predicted molar refractivity (Wildman–Crippen MR) is 113 cm³/mol. The highest BCUT2D eigenvalue weighted by Gasteiger charge is 2.27. The first-order valence-electron chi connectivity index (χ1n) is 10.1. The molecule has 0 saturated carbocycles. The van der Waals surface area contributed by atoms with Gasteiger partial charge in [-0.2, -0.15) is 0 Å². The second-order valence-electron chi connectivity index (χ2n) is 7.90. The maximum Gasteiger partial charge on any atom is 0.152 e. The fraction of sp³-hybridized carbons (Fsp3) is 0.364. The number of piperidine rings is 1. The molecule has 0 spiro atoms. The molecule has 0 N–H and O–H groups in total. The molecule has 148 valence electrons. The second kappa shape index (κ2) is 7.31. The highest BCUT2D eigenvalue weighted by molar-refractivity contribution is 5.92. The third-order valence-corrected chi connectivity index (χ3v) is 5.88. The average molecular weight is 387 g/mol. The molecule has 1 aromatic carbocycles. The standard InChI is InChI=1S/C22H25N7/c1-16-5-6-19-18(12-16)20(7-8-24-19)29-10-3-4-17(13-29)22-26-25-21(27(22)2)14-28-11-9-23-15-28/h5-9,11-12,15,17H,3-4,10,13-14H2,1-2H3/t17-/m1/s1. The summed E-state index contributed by atoms with van der Waals surface area (Å²) in [7, 11) is 2.08. The first-order chi connectivity index (χ1) is 14.2. The Kier molecular flexibility index (Phi) is 4.50. The van der Waals surface area contributed by atoms with Crippen LogP contribution in [0.25, 0.3) is 10.9 Å². The topological polar surface area (TPSA) is 64.7 Å². The number of pyridine rings is 1. The molecular formula is C22H25N7. The Morgan fingerprint density at radius 3 is 2.93 bits per heavy atom. The van der Waals surface area contributed by atoms with Crippen molar-refractivity contribution in [3.8, 4) is 0 Å². The van der Waals surface area contributed by atoms with Gasteiger partial charge in [0.05, 0.1) is 18.4 Å². The lowest BCUT2D eigenvalue weighted by Gasteiger charge is -2.34. The molecule has 7 nitrogen and oxygen atoms in total. The number of anilines is 1. The molecule has 5 rings (SSSR count). The van der Waals surface area contributed by atoms with Crippen LogP contribution in [0.1, 0.15) is 36.0 Å². The lowest BCUT2D eigenvalue weighted by atomic mass is 9.96. The maximum absolute atomic E-state index is 4.56. The fourth-order valence-electron chi connectivity index (χ4n) is 4.34. The molecule has 4 aromatic rings. The van der Waals surface area contributed by atoms with Crippen molar-refractivity contribution in [3.63, 3.8) is 0 Å². The molecule has 1 atom stereocenters. The zero-order valence-corrected chi connectivity index (χ0v) is 16.9. The van der Waals surface area contributed by atoms with E-state index in [4.69, 9.17) is 0 Å². The molecule has 1 aliphatic heterocycles. The summed E-state index contributed by atoms with van der Waals surface area (Å²) in [4.78, 5) is 11.1. The zero-order chi connectivity index (χ0) is 19.8. The number of aryl methyl sites for hydroxylation is 1. The summed E-state index contributed by atoms with van der Waals surface area (Å²) in [5.41, 5.74) is 3.58. The Balaban J connectivity index is 1.42. The van der Waals surface area contributed by atoms with E-state index in [1.165, 1.54) is 16.6 Å². The van der Waals surface area contributed by atoms with Crippen LogP contribution in [-0.4, -0.2) is 42.4 Å².